The number of piperidine rings is 1. The molecule has 118 valence electrons. The van der Waals surface area contributed by atoms with Gasteiger partial charge in [-0.05, 0) is 75.8 Å². The molecule has 1 aromatic rings. The summed E-state index contributed by atoms with van der Waals surface area (Å²) in [7, 11) is 0. The maximum absolute atomic E-state index is 6.04. The first-order valence-corrected chi connectivity index (χ1v) is 8.24. The third-order valence-electron chi connectivity index (χ3n) is 4.65. The normalized spacial score (nSPS) is 21.2. The average Bonchev–Trinajstić information content (AvgIpc) is 2.47. The van der Waals surface area contributed by atoms with Gasteiger partial charge in [-0.3, -0.25) is 0 Å². The molecule has 1 heterocycles. The lowest BCUT2D eigenvalue weighted by molar-refractivity contribution is 0.151. The topological polar surface area (TPSA) is 38.5 Å². The Bertz CT molecular complexity index is 445. The number of hydrogen-bond acceptors (Lipinski definition) is 3. The third kappa shape index (κ3) is 5.01. The monoisotopic (exact) mass is 290 g/mol. The molecule has 1 fully saturated rings. The van der Waals surface area contributed by atoms with Gasteiger partial charge in [0.15, 0.2) is 0 Å². The molecule has 0 radical (unpaired) electrons. The molecule has 0 spiro atoms. The standard InChI is InChI=1S/C18H30N2O/c1-14-7-8-18(12-15(14)2)21-11-5-10-20-9-4-6-17(13-20)16(3)19/h7-8,12,16-17H,4-6,9-11,13,19H2,1-3H3. The second-order valence-electron chi connectivity index (χ2n) is 6.51. The van der Waals surface area contributed by atoms with Crippen molar-refractivity contribution in [1.82, 2.24) is 4.90 Å². The van der Waals surface area contributed by atoms with Crippen LogP contribution in [0.25, 0.3) is 0 Å². The predicted molar refractivity (Wildman–Crippen MR) is 88.8 cm³/mol. The number of nitrogens with zero attached hydrogens (tertiary/aromatic N) is 1. The SMILES string of the molecule is Cc1ccc(OCCCN2CCCC(C(C)N)C2)cc1C. The van der Waals surface area contributed by atoms with Crippen LogP contribution in [0.2, 0.25) is 0 Å². The van der Waals surface area contributed by atoms with Crippen molar-refractivity contribution in [1.29, 1.82) is 0 Å². The number of hydrogen-bond donors (Lipinski definition) is 1. The molecule has 1 saturated heterocycles. The van der Waals surface area contributed by atoms with E-state index >= 15 is 0 Å². The minimum Gasteiger partial charge on any atom is -0.494 e. The molecule has 0 amide bonds. The number of nitrogens with two attached hydrogens (primary N) is 1. The maximum Gasteiger partial charge on any atom is 0.119 e. The fourth-order valence-electron chi connectivity index (χ4n) is 3.01. The van der Waals surface area contributed by atoms with Gasteiger partial charge in [0.2, 0.25) is 0 Å². The maximum atomic E-state index is 6.04. The Morgan fingerprint density at radius 3 is 2.86 bits per heavy atom. The Labute approximate surface area is 129 Å². The molecule has 0 aliphatic carbocycles. The van der Waals surface area contributed by atoms with Crippen molar-refractivity contribution in [2.45, 2.75) is 46.1 Å². The van der Waals surface area contributed by atoms with Crippen LogP contribution in [0.3, 0.4) is 0 Å². The van der Waals surface area contributed by atoms with E-state index in [1.165, 1.54) is 30.5 Å². The number of ether oxygens (including phenoxy) is 1. The van der Waals surface area contributed by atoms with Gasteiger partial charge in [-0.1, -0.05) is 6.07 Å². The van der Waals surface area contributed by atoms with Gasteiger partial charge in [-0.25, -0.2) is 0 Å². The molecule has 1 aromatic carbocycles. The van der Waals surface area contributed by atoms with Gasteiger partial charge in [-0.2, -0.15) is 0 Å². The molecular weight excluding hydrogens is 260 g/mol. The zero-order chi connectivity index (χ0) is 15.2. The number of likely N-dealkylation sites (tertiary alicyclic amines) is 1. The van der Waals surface area contributed by atoms with Gasteiger partial charge in [-0.15, -0.1) is 0 Å². The van der Waals surface area contributed by atoms with Crippen LogP contribution in [-0.2, 0) is 0 Å². The zero-order valence-corrected chi connectivity index (χ0v) is 13.8. The minimum atomic E-state index is 0.319. The molecule has 2 atom stereocenters. The summed E-state index contributed by atoms with van der Waals surface area (Å²) in [5, 5.41) is 0. The second-order valence-corrected chi connectivity index (χ2v) is 6.51. The molecular formula is C18H30N2O. The first kappa shape index (κ1) is 16.3. The summed E-state index contributed by atoms with van der Waals surface area (Å²) in [6.07, 6.45) is 3.65. The van der Waals surface area contributed by atoms with Gasteiger partial charge in [0.1, 0.15) is 5.75 Å². The van der Waals surface area contributed by atoms with Crippen molar-refractivity contribution in [3.8, 4) is 5.75 Å². The van der Waals surface area contributed by atoms with Crippen LogP contribution in [-0.4, -0.2) is 37.2 Å². The highest BCUT2D eigenvalue weighted by molar-refractivity contribution is 5.33. The van der Waals surface area contributed by atoms with E-state index in [9.17, 15) is 0 Å². The van der Waals surface area contributed by atoms with Gasteiger partial charge in [0, 0.05) is 19.1 Å². The molecule has 1 aliphatic rings. The van der Waals surface area contributed by atoms with Crippen molar-refractivity contribution in [2.75, 3.05) is 26.2 Å². The van der Waals surface area contributed by atoms with E-state index in [4.69, 9.17) is 10.5 Å². The van der Waals surface area contributed by atoms with E-state index in [1.807, 2.05) is 0 Å². The Morgan fingerprint density at radius 1 is 1.33 bits per heavy atom. The lowest BCUT2D eigenvalue weighted by Gasteiger charge is -2.34. The molecule has 3 nitrogen and oxygen atoms in total. The summed E-state index contributed by atoms with van der Waals surface area (Å²) in [4.78, 5) is 2.54. The van der Waals surface area contributed by atoms with Crippen molar-refractivity contribution in [2.24, 2.45) is 11.7 Å². The van der Waals surface area contributed by atoms with Crippen LogP contribution in [0.1, 0.15) is 37.3 Å². The summed E-state index contributed by atoms with van der Waals surface area (Å²) in [5.74, 6) is 1.66. The van der Waals surface area contributed by atoms with Crippen LogP contribution in [0.15, 0.2) is 18.2 Å². The quantitative estimate of drug-likeness (QED) is 0.818. The Balaban J connectivity index is 1.68. The molecule has 2 N–H and O–H groups in total. The zero-order valence-electron chi connectivity index (χ0n) is 13.8. The summed E-state index contributed by atoms with van der Waals surface area (Å²) in [5.41, 5.74) is 8.65. The highest BCUT2D eigenvalue weighted by Gasteiger charge is 2.22. The Morgan fingerprint density at radius 2 is 2.14 bits per heavy atom. The van der Waals surface area contributed by atoms with E-state index in [2.05, 4.69) is 43.9 Å². The lowest BCUT2D eigenvalue weighted by atomic mass is 9.92. The van der Waals surface area contributed by atoms with Crippen molar-refractivity contribution >= 4 is 0 Å². The highest BCUT2D eigenvalue weighted by atomic mass is 16.5. The minimum absolute atomic E-state index is 0.319. The van der Waals surface area contributed by atoms with E-state index in [-0.39, 0.29) is 0 Å². The van der Waals surface area contributed by atoms with Crippen LogP contribution < -0.4 is 10.5 Å². The fraction of sp³-hybridized carbons (Fsp3) is 0.667. The summed E-state index contributed by atoms with van der Waals surface area (Å²) >= 11 is 0. The van der Waals surface area contributed by atoms with Crippen molar-refractivity contribution < 1.29 is 4.74 Å². The third-order valence-corrected chi connectivity index (χ3v) is 4.65. The number of aryl methyl sites for hydroxylation is 2. The average molecular weight is 290 g/mol. The second kappa shape index (κ2) is 7.81. The largest absolute Gasteiger partial charge is 0.494 e. The van der Waals surface area contributed by atoms with Gasteiger partial charge in [0.25, 0.3) is 0 Å². The molecule has 2 rings (SSSR count). The van der Waals surface area contributed by atoms with Gasteiger partial charge < -0.3 is 15.4 Å². The Hall–Kier alpha value is -1.06. The lowest BCUT2D eigenvalue weighted by Crippen LogP contribution is -2.42. The highest BCUT2D eigenvalue weighted by Crippen LogP contribution is 2.19. The smallest absolute Gasteiger partial charge is 0.119 e. The molecule has 3 heteroatoms. The molecule has 0 aromatic heterocycles. The van der Waals surface area contributed by atoms with Crippen LogP contribution >= 0.6 is 0 Å². The van der Waals surface area contributed by atoms with Gasteiger partial charge in [0.05, 0.1) is 6.61 Å². The molecule has 2 unspecified atom stereocenters. The van der Waals surface area contributed by atoms with E-state index in [0.717, 1.165) is 31.9 Å². The first-order valence-electron chi connectivity index (χ1n) is 8.24. The predicted octanol–water partition coefficient (Wildman–Crippen LogP) is 3.13. The summed E-state index contributed by atoms with van der Waals surface area (Å²) in [6.45, 7) is 10.7. The Kier molecular flexibility index (Phi) is 6.07. The summed E-state index contributed by atoms with van der Waals surface area (Å²) < 4.78 is 5.86. The first-order chi connectivity index (χ1) is 10.1. The molecule has 1 aliphatic heterocycles. The van der Waals surface area contributed by atoms with Crippen LogP contribution in [0.4, 0.5) is 0 Å². The van der Waals surface area contributed by atoms with Gasteiger partial charge >= 0.3 is 0 Å². The van der Waals surface area contributed by atoms with E-state index in [0.29, 0.717) is 12.0 Å². The van der Waals surface area contributed by atoms with E-state index < -0.39 is 0 Å². The molecule has 0 bridgehead atoms. The fourth-order valence-corrected chi connectivity index (χ4v) is 3.01. The van der Waals surface area contributed by atoms with Crippen LogP contribution in [0, 0.1) is 19.8 Å². The number of rotatable bonds is 6. The summed E-state index contributed by atoms with van der Waals surface area (Å²) in [6, 6.07) is 6.64. The van der Waals surface area contributed by atoms with Crippen molar-refractivity contribution in [3.05, 3.63) is 29.3 Å². The van der Waals surface area contributed by atoms with Crippen LogP contribution in [0.5, 0.6) is 5.75 Å². The number of benzene rings is 1. The molecule has 0 saturated carbocycles. The molecule has 21 heavy (non-hydrogen) atoms. The van der Waals surface area contributed by atoms with E-state index in [1.54, 1.807) is 0 Å². The van der Waals surface area contributed by atoms with Crippen molar-refractivity contribution in [3.63, 3.8) is 0 Å².